The van der Waals surface area contributed by atoms with Crippen LogP contribution in [0.15, 0.2) is 0 Å². The molecule has 1 rings (SSSR count). The van der Waals surface area contributed by atoms with Crippen LogP contribution in [-0.2, 0) is 0 Å². The minimum absolute atomic E-state index is 0.600. The summed E-state index contributed by atoms with van der Waals surface area (Å²) in [5.41, 5.74) is 0. The summed E-state index contributed by atoms with van der Waals surface area (Å²) in [4.78, 5) is 0. The number of rotatable bonds is 8. The van der Waals surface area contributed by atoms with Gasteiger partial charge in [0.1, 0.15) is 0 Å². The van der Waals surface area contributed by atoms with Crippen molar-refractivity contribution in [2.75, 3.05) is 6.54 Å². The Bertz CT molecular complexity index is 131. The summed E-state index contributed by atoms with van der Waals surface area (Å²) >= 11 is 0. The van der Waals surface area contributed by atoms with Crippen LogP contribution in [0.25, 0.3) is 0 Å². The molecule has 0 amide bonds. The molecule has 0 aromatic rings. The molecule has 0 aromatic heterocycles. The van der Waals surface area contributed by atoms with E-state index < -0.39 is 0 Å². The van der Waals surface area contributed by atoms with Gasteiger partial charge in [-0.1, -0.05) is 52.4 Å². The minimum Gasteiger partial charge on any atom is -0.300 e. The minimum atomic E-state index is 0.600. The molecule has 1 aliphatic heterocycles. The molecule has 2 N–H and O–H groups in total. The molecule has 0 bridgehead atoms. The summed E-state index contributed by atoms with van der Waals surface area (Å²) < 4.78 is 0. The van der Waals surface area contributed by atoms with Crippen molar-refractivity contribution in [2.45, 2.75) is 77.4 Å². The maximum Gasteiger partial charge on any atom is 0.0574 e. The van der Waals surface area contributed by atoms with Crippen LogP contribution >= 0.6 is 0 Å². The van der Waals surface area contributed by atoms with Crippen molar-refractivity contribution < 1.29 is 0 Å². The molecule has 0 aromatic carbocycles. The van der Waals surface area contributed by atoms with E-state index in [1.807, 2.05) is 0 Å². The highest BCUT2D eigenvalue weighted by Crippen LogP contribution is 2.10. The van der Waals surface area contributed by atoms with Crippen molar-refractivity contribution in [1.29, 1.82) is 0 Å². The highest BCUT2D eigenvalue weighted by Gasteiger charge is 2.21. The summed E-state index contributed by atoms with van der Waals surface area (Å²) in [7, 11) is 0. The Hall–Kier alpha value is -0.0800. The van der Waals surface area contributed by atoms with Crippen molar-refractivity contribution in [2.24, 2.45) is 0 Å². The van der Waals surface area contributed by atoms with Gasteiger partial charge in [-0.2, -0.15) is 0 Å². The fraction of sp³-hybridized carbons (Fsp3) is 1.00. The van der Waals surface area contributed by atoms with Gasteiger partial charge in [-0.15, -0.1) is 0 Å². The Labute approximate surface area is 95.2 Å². The normalized spacial score (nSPS) is 26.0. The number of unbranched alkanes of at least 4 members (excludes halogenated alkanes) is 4. The average Bonchev–Trinajstić information content (AvgIpc) is 2.67. The Morgan fingerprint density at radius 1 is 0.933 bits per heavy atom. The second kappa shape index (κ2) is 8.12. The lowest BCUT2D eigenvalue weighted by atomic mass is 10.1. The molecule has 1 heterocycles. The molecular weight excluding hydrogens is 184 g/mol. The van der Waals surface area contributed by atoms with Crippen LogP contribution in [0, 0.1) is 0 Å². The van der Waals surface area contributed by atoms with Crippen molar-refractivity contribution in [1.82, 2.24) is 10.6 Å². The zero-order chi connectivity index (χ0) is 10.9. The maximum absolute atomic E-state index is 3.70. The third-order valence-electron chi connectivity index (χ3n) is 3.30. The van der Waals surface area contributed by atoms with Gasteiger partial charge < -0.3 is 5.32 Å². The van der Waals surface area contributed by atoms with E-state index in [0.29, 0.717) is 6.17 Å². The first-order valence-electron chi connectivity index (χ1n) is 6.86. The third-order valence-corrected chi connectivity index (χ3v) is 3.30. The SMILES string of the molecule is CCCCCC1CNC(CCCCC)N1. The summed E-state index contributed by atoms with van der Waals surface area (Å²) in [6.45, 7) is 5.72. The van der Waals surface area contributed by atoms with Gasteiger partial charge in [-0.3, -0.25) is 5.32 Å². The van der Waals surface area contributed by atoms with E-state index in [4.69, 9.17) is 0 Å². The van der Waals surface area contributed by atoms with Crippen LogP contribution in [0.4, 0.5) is 0 Å². The van der Waals surface area contributed by atoms with Gasteiger partial charge in [0.25, 0.3) is 0 Å². The zero-order valence-corrected chi connectivity index (χ0v) is 10.5. The molecule has 0 aliphatic carbocycles. The quantitative estimate of drug-likeness (QED) is 0.604. The predicted molar refractivity (Wildman–Crippen MR) is 67.0 cm³/mol. The fourth-order valence-corrected chi connectivity index (χ4v) is 2.30. The highest BCUT2D eigenvalue weighted by atomic mass is 15.2. The van der Waals surface area contributed by atoms with Gasteiger partial charge in [0.05, 0.1) is 6.17 Å². The van der Waals surface area contributed by atoms with Gasteiger partial charge in [0, 0.05) is 12.6 Å². The lowest BCUT2D eigenvalue weighted by molar-refractivity contribution is 0.450. The molecule has 1 saturated heterocycles. The molecule has 0 radical (unpaired) electrons. The van der Waals surface area contributed by atoms with Gasteiger partial charge >= 0.3 is 0 Å². The van der Waals surface area contributed by atoms with Crippen molar-refractivity contribution >= 4 is 0 Å². The predicted octanol–water partition coefficient (Wildman–Crippen LogP) is 3.03. The molecule has 1 aliphatic rings. The van der Waals surface area contributed by atoms with Crippen LogP contribution in [0.1, 0.15) is 65.2 Å². The molecule has 2 nitrogen and oxygen atoms in total. The number of hydrogen-bond acceptors (Lipinski definition) is 2. The fourth-order valence-electron chi connectivity index (χ4n) is 2.30. The van der Waals surface area contributed by atoms with Crippen molar-refractivity contribution in [3.8, 4) is 0 Å². The third kappa shape index (κ3) is 5.53. The van der Waals surface area contributed by atoms with Crippen LogP contribution in [0.2, 0.25) is 0 Å². The van der Waals surface area contributed by atoms with Gasteiger partial charge in [-0.25, -0.2) is 0 Å². The molecule has 1 fully saturated rings. The summed E-state index contributed by atoms with van der Waals surface area (Å²) in [6.07, 6.45) is 11.4. The van der Waals surface area contributed by atoms with E-state index in [9.17, 15) is 0 Å². The molecule has 15 heavy (non-hydrogen) atoms. The largest absolute Gasteiger partial charge is 0.300 e. The van der Waals surface area contributed by atoms with Crippen LogP contribution in [-0.4, -0.2) is 18.8 Å². The average molecular weight is 212 g/mol. The molecule has 2 heteroatoms. The van der Waals surface area contributed by atoms with Crippen molar-refractivity contribution in [3.05, 3.63) is 0 Å². The van der Waals surface area contributed by atoms with E-state index in [1.165, 1.54) is 57.9 Å². The lowest BCUT2D eigenvalue weighted by Gasteiger charge is -2.12. The van der Waals surface area contributed by atoms with E-state index >= 15 is 0 Å². The molecule has 2 atom stereocenters. The van der Waals surface area contributed by atoms with E-state index in [2.05, 4.69) is 24.5 Å². The van der Waals surface area contributed by atoms with Gasteiger partial charge in [0.15, 0.2) is 0 Å². The second-order valence-electron chi connectivity index (χ2n) is 4.82. The number of nitrogens with one attached hydrogen (secondary N) is 2. The summed E-state index contributed by atoms with van der Waals surface area (Å²) in [5, 5.41) is 7.28. The topological polar surface area (TPSA) is 24.1 Å². The van der Waals surface area contributed by atoms with Crippen LogP contribution in [0.3, 0.4) is 0 Å². The summed E-state index contributed by atoms with van der Waals surface area (Å²) in [6, 6.07) is 0.739. The first-order valence-corrected chi connectivity index (χ1v) is 6.86. The van der Waals surface area contributed by atoms with E-state index in [0.717, 1.165) is 6.04 Å². The standard InChI is InChI=1S/C13H28N2/c1-3-5-7-9-12-11-14-13(15-12)10-8-6-4-2/h12-15H,3-11H2,1-2H3. The van der Waals surface area contributed by atoms with Crippen LogP contribution < -0.4 is 10.6 Å². The zero-order valence-electron chi connectivity index (χ0n) is 10.5. The molecule has 0 spiro atoms. The first-order chi connectivity index (χ1) is 7.36. The lowest BCUT2D eigenvalue weighted by Crippen LogP contribution is -2.33. The molecular formula is C13H28N2. The highest BCUT2D eigenvalue weighted by molar-refractivity contribution is 4.82. The number of hydrogen-bond donors (Lipinski definition) is 2. The Morgan fingerprint density at radius 3 is 2.27 bits per heavy atom. The van der Waals surface area contributed by atoms with Crippen molar-refractivity contribution in [3.63, 3.8) is 0 Å². The van der Waals surface area contributed by atoms with E-state index in [-0.39, 0.29) is 0 Å². The second-order valence-corrected chi connectivity index (χ2v) is 4.82. The molecule has 0 saturated carbocycles. The Balaban J connectivity index is 1.99. The van der Waals surface area contributed by atoms with Gasteiger partial charge in [0.2, 0.25) is 0 Å². The Kier molecular flexibility index (Phi) is 7.03. The molecule has 90 valence electrons. The van der Waals surface area contributed by atoms with E-state index in [1.54, 1.807) is 0 Å². The smallest absolute Gasteiger partial charge is 0.0574 e. The molecule has 2 unspecified atom stereocenters. The summed E-state index contributed by atoms with van der Waals surface area (Å²) in [5.74, 6) is 0. The monoisotopic (exact) mass is 212 g/mol. The van der Waals surface area contributed by atoms with Crippen LogP contribution in [0.5, 0.6) is 0 Å². The Morgan fingerprint density at radius 2 is 1.60 bits per heavy atom. The van der Waals surface area contributed by atoms with Gasteiger partial charge in [-0.05, 0) is 12.8 Å². The maximum atomic E-state index is 3.70. The first kappa shape index (κ1) is 13.0.